The molecule has 0 aliphatic carbocycles. The van der Waals surface area contributed by atoms with Crippen molar-refractivity contribution in [2.24, 2.45) is 0 Å². The van der Waals surface area contributed by atoms with Crippen molar-refractivity contribution in [1.29, 1.82) is 0 Å². The molecule has 9 heavy (non-hydrogen) atoms. The van der Waals surface area contributed by atoms with Gasteiger partial charge in [-0.3, -0.25) is 0 Å². The number of rotatable bonds is 4. The Bertz CT molecular complexity index is 79.0. The van der Waals surface area contributed by atoms with Crippen molar-refractivity contribution in [2.75, 3.05) is 13.2 Å². The molecule has 0 aliphatic rings. The van der Waals surface area contributed by atoms with Gasteiger partial charge < -0.3 is 9.84 Å². The maximum absolute atomic E-state index is 8.33. The van der Waals surface area contributed by atoms with Crippen LogP contribution in [0.15, 0.2) is 12.2 Å². The van der Waals surface area contributed by atoms with Gasteiger partial charge in [0.05, 0.1) is 19.3 Å². The summed E-state index contributed by atoms with van der Waals surface area (Å²) >= 11 is 0. The Hall–Kier alpha value is -0.340. The highest BCUT2D eigenvalue weighted by molar-refractivity contribution is 4.83. The Morgan fingerprint density at radius 1 is 1.67 bits per heavy atom. The molecule has 2 heteroatoms. The minimum atomic E-state index is 0.0991. The van der Waals surface area contributed by atoms with Crippen LogP contribution in [0.4, 0.5) is 0 Å². The van der Waals surface area contributed by atoms with E-state index in [1.807, 2.05) is 26.0 Å². The molecule has 0 radical (unpaired) electrons. The van der Waals surface area contributed by atoms with E-state index in [2.05, 4.69) is 0 Å². The van der Waals surface area contributed by atoms with E-state index < -0.39 is 0 Å². The summed E-state index contributed by atoms with van der Waals surface area (Å²) in [7, 11) is 0. The fourth-order valence-corrected chi connectivity index (χ4v) is 0.565. The fourth-order valence-electron chi connectivity index (χ4n) is 0.565. The van der Waals surface area contributed by atoms with Gasteiger partial charge in [-0.05, 0) is 13.8 Å². The maximum atomic E-state index is 8.33. The van der Waals surface area contributed by atoms with E-state index in [0.717, 1.165) is 0 Å². The molecule has 0 saturated heterocycles. The van der Waals surface area contributed by atoms with E-state index in [9.17, 15) is 0 Å². The molecule has 0 rings (SSSR count). The van der Waals surface area contributed by atoms with Gasteiger partial charge in [0.25, 0.3) is 0 Å². The van der Waals surface area contributed by atoms with Crippen LogP contribution in [0.3, 0.4) is 0 Å². The molecule has 0 saturated carbocycles. The molecule has 0 aliphatic heterocycles. The number of allylic oxidation sites excluding steroid dienone is 1. The zero-order valence-corrected chi connectivity index (χ0v) is 6.00. The Morgan fingerprint density at radius 2 is 2.33 bits per heavy atom. The first kappa shape index (κ1) is 8.66. The van der Waals surface area contributed by atoms with Crippen LogP contribution in [-0.4, -0.2) is 24.4 Å². The molecule has 1 N–H and O–H groups in total. The zero-order chi connectivity index (χ0) is 7.11. The molecule has 0 bridgehead atoms. The molecule has 0 spiro atoms. The molecule has 1 atom stereocenters. The summed E-state index contributed by atoms with van der Waals surface area (Å²) in [6.45, 7) is 4.40. The third-order valence-electron chi connectivity index (χ3n) is 0.935. The minimum Gasteiger partial charge on any atom is -0.394 e. The summed E-state index contributed by atoms with van der Waals surface area (Å²) in [6.07, 6.45) is 4.00. The van der Waals surface area contributed by atoms with Crippen LogP contribution in [0, 0.1) is 0 Å². The predicted octanol–water partition coefficient (Wildman–Crippen LogP) is 0.960. The lowest BCUT2D eigenvalue weighted by Gasteiger charge is -2.05. The van der Waals surface area contributed by atoms with Crippen LogP contribution in [-0.2, 0) is 4.74 Å². The minimum absolute atomic E-state index is 0.0991. The van der Waals surface area contributed by atoms with Gasteiger partial charge in [-0.2, -0.15) is 0 Å². The van der Waals surface area contributed by atoms with Gasteiger partial charge in [-0.25, -0.2) is 0 Å². The molecule has 0 aromatic heterocycles. The molecule has 0 aromatic rings. The van der Waals surface area contributed by atoms with E-state index in [-0.39, 0.29) is 12.7 Å². The highest BCUT2D eigenvalue weighted by atomic mass is 16.5. The Kier molecular flexibility index (Phi) is 5.57. The van der Waals surface area contributed by atoms with E-state index >= 15 is 0 Å². The standard InChI is InChI=1S/C7H14O2/c1-3-4-7(2)9-6-5-8/h3-4,7-8H,5-6H2,1-2H3. The van der Waals surface area contributed by atoms with Gasteiger partial charge in [0.2, 0.25) is 0 Å². The largest absolute Gasteiger partial charge is 0.394 e. The van der Waals surface area contributed by atoms with Crippen molar-refractivity contribution in [3.63, 3.8) is 0 Å². The third kappa shape index (κ3) is 5.53. The zero-order valence-electron chi connectivity index (χ0n) is 6.00. The van der Waals surface area contributed by atoms with Crippen LogP contribution in [0.25, 0.3) is 0 Å². The van der Waals surface area contributed by atoms with Crippen LogP contribution >= 0.6 is 0 Å². The van der Waals surface area contributed by atoms with Crippen molar-refractivity contribution in [3.8, 4) is 0 Å². The molecule has 0 fully saturated rings. The molecule has 1 unspecified atom stereocenters. The lowest BCUT2D eigenvalue weighted by atomic mass is 10.4. The Labute approximate surface area is 56.1 Å². The quantitative estimate of drug-likeness (QED) is 0.574. The topological polar surface area (TPSA) is 29.5 Å². The van der Waals surface area contributed by atoms with E-state index in [4.69, 9.17) is 9.84 Å². The van der Waals surface area contributed by atoms with Crippen LogP contribution < -0.4 is 0 Å². The average Bonchev–Trinajstić information content (AvgIpc) is 1.85. The molecular formula is C7H14O2. The van der Waals surface area contributed by atoms with Gasteiger partial charge >= 0.3 is 0 Å². The maximum Gasteiger partial charge on any atom is 0.0728 e. The SMILES string of the molecule is CC=CC(C)OCCO. The van der Waals surface area contributed by atoms with Gasteiger partial charge in [0.1, 0.15) is 0 Å². The van der Waals surface area contributed by atoms with Gasteiger partial charge in [0, 0.05) is 0 Å². The second-order valence-corrected chi connectivity index (χ2v) is 1.83. The van der Waals surface area contributed by atoms with Gasteiger partial charge in [-0.15, -0.1) is 0 Å². The first-order valence-corrected chi connectivity index (χ1v) is 3.16. The Morgan fingerprint density at radius 3 is 2.78 bits per heavy atom. The van der Waals surface area contributed by atoms with E-state index in [1.54, 1.807) is 0 Å². The number of aliphatic hydroxyl groups is 1. The summed E-state index contributed by atoms with van der Waals surface area (Å²) in [5.74, 6) is 0. The number of hydrogen-bond acceptors (Lipinski definition) is 2. The second kappa shape index (κ2) is 5.79. The van der Waals surface area contributed by atoms with Crippen molar-refractivity contribution >= 4 is 0 Å². The Balaban J connectivity index is 3.15. The summed E-state index contributed by atoms with van der Waals surface area (Å²) < 4.78 is 5.09. The lowest BCUT2D eigenvalue weighted by Crippen LogP contribution is -2.07. The average molecular weight is 130 g/mol. The first-order valence-electron chi connectivity index (χ1n) is 3.16. The molecule has 0 amide bonds. The smallest absolute Gasteiger partial charge is 0.0728 e. The van der Waals surface area contributed by atoms with Crippen molar-refractivity contribution in [3.05, 3.63) is 12.2 Å². The molecular weight excluding hydrogens is 116 g/mol. The van der Waals surface area contributed by atoms with E-state index in [1.165, 1.54) is 0 Å². The summed E-state index contributed by atoms with van der Waals surface area (Å²) in [4.78, 5) is 0. The lowest BCUT2D eigenvalue weighted by molar-refractivity contribution is 0.0640. The van der Waals surface area contributed by atoms with Gasteiger partial charge in [0.15, 0.2) is 0 Å². The van der Waals surface area contributed by atoms with Crippen LogP contribution in [0.2, 0.25) is 0 Å². The normalized spacial score (nSPS) is 14.6. The van der Waals surface area contributed by atoms with Gasteiger partial charge in [-0.1, -0.05) is 12.2 Å². The summed E-state index contributed by atoms with van der Waals surface area (Å²) in [5, 5.41) is 8.33. The summed E-state index contributed by atoms with van der Waals surface area (Å²) in [5.41, 5.74) is 0. The monoisotopic (exact) mass is 130 g/mol. The molecule has 2 nitrogen and oxygen atoms in total. The van der Waals surface area contributed by atoms with Crippen LogP contribution in [0.1, 0.15) is 13.8 Å². The molecule has 54 valence electrons. The fraction of sp³-hybridized carbons (Fsp3) is 0.714. The predicted molar refractivity (Wildman–Crippen MR) is 37.3 cm³/mol. The molecule has 0 aromatic carbocycles. The van der Waals surface area contributed by atoms with Crippen molar-refractivity contribution < 1.29 is 9.84 Å². The third-order valence-corrected chi connectivity index (χ3v) is 0.935. The molecule has 0 heterocycles. The number of hydrogen-bond donors (Lipinski definition) is 1. The second-order valence-electron chi connectivity index (χ2n) is 1.83. The highest BCUT2D eigenvalue weighted by Crippen LogP contribution is 1.90. The van der Waals surface area contributed by atoms with Crippen LogP contribution in [0.5, 0.6) is 0 Å². The number of ether oxygens (including phenoxy) is 1. The van der Waals surface area contributed by atoms with E-state index in [0.29, 0.717) is 6.61 Å². The first-order chi connectivity index (χ1) is 4.31. The highest BCUT2D eigenvalue weighted by Gasteiger charge is 1.92. The summed E-state index contributed by atoms with van der Waals surface area (Å²) in [6, 6.07) is 0. The van der Waals surface area contributed by atoms with Crippen molar-refractivity contribution in [1.82, 2.24) is 0 Å². The van der Waals surface area contributed by atoms with Crippen molar-refractivity contribution in [2.45, 2.75) is 20.0 Å². The number of aliphatic hydroxyl groups excluding tert-OH is 1.